The summed E-state index contributed by atoms with van der Waals surface area (Å²) in [6.07, 6.45) is 0. The minimum absolute atomic E-state index is 0.0714. The van der Waals surface area contributed by atoms with Crippen molar-refractivity contribution in [1.29, 1.82) is 0 Å². The van der Waals surface area contributed by atoms with Gasteiger partial charge in [-0.25, -0.2) is 9.97 Å². The number of hydrogen-bond donors (Lipinski definition) is 2. The molecule has 1 amide bonds. The number of nitrogens with zero attached hydrogens (tertiary/aromatic N) is 2. The summed E-state index contributed by atoms with van der Waals surface area (Å²) in [5.41, 5.74) is 2.57. The van der Waals surface area contributed by atoms with E-state index in [1.165, 1.54) is 11.8 Å². The van der Waals surface area contributed by atoms with Crippen LogP contribution in [-0.4, -0.2) is 39.9 Å². The Labute approximate surface area is 138 Å². The fourth-order valence-corrected chi connectivity index (χ4v) is 2.61. The van der Waals surface area contributed by atoms with Crippen molar-refractivity contribution in [3.05, 3.63) is 41.0 Å². The highest BCUT2D eigenvalue weighted by molar-refractivity contribution is 7.99. The zero-order chi connectivity index (χ0) is 15.9. The van der Waals surface area contributed by atoms with Crippen LogP contribution in [0.15, 0.2) is 35.5 Å². The lowest BCUT2D eigenvalue weighted by atomic mass is 10.1. The van der Waals surface area contributed by atoms with Crippen molar-refractivity contribution >= 4 is 29.3 Å². The molecule has 0 bridgehead atoms. The van der Waals surface area contributed by atoms with Gasteiger partial charge in [-0.1, -0.05) is 35.5 Å². The quantitative estimate of drug-likeness (QED) is 0.625. The lowest BCUT2D eigenvalue weighted by molar-refractivity contribution is -0.118. The molecule has 2 rings (SSSR count). The Balaban J connectivity index is 2.10. The largest absolute Gasteiger partial charge is 0.395 e. The van der Waals surface area contributed by atoms with E-state index in [0.29, 0.717) is 10.2 Å². The van der Waals surface area contributed by atoms with Crippen LogP contribution in [-0.2, 0) is 4.79 Å². The summed E-state index contributed by atoms with van der Waals surface area (Å²) < 4.78 is 0. The molecular formula is C15H16ClN3O2S. The average Bonchev–Trinajstić information content (AvgIpc) is 2.51. The fraction of sp³-hybridized carbons (Fsp3) is 0.267. The smallest absolute Gasteiger partial charge is 0.230 e. The van der Waals surface area contributed by atoms with E-state index in [-0.39, 0.29) is 24.8 Å². The molecule has 5 nitrogen and oxygen atoms in total. The van der Waals surface area contributed by atoms with Crippen molar-refractivity contribution < 1.29 is 9.90 Å². The maximum Gasteiger partial charge on any atom is 0.230 e. The Hall–Kier alpha value is -1.63. The van der Waals surface area contributed by atoms with Gasteiger partial charge in [0.25, 0.3) is 0 Å². The van der Waals surface area contributed by atoms with Gasteiger partial charge in [0.15, 0.2) is 5.16 Å². The molecule has 2 N–H and O–H groups in total. The van der Waals surface area contributed by atoms with Crippen LogP contribution >= 0.6 is 23.4 Å². The molecule has 0 atom stereocenters. The molecular weight excluding hydrogens is 322 g/mol. The SMILES string of the molecule is Cc1cc(-c2ccc(Cl)cc2)nc(SCC(=O)NCCO)n1. The van der Waals surface area contributed by atoms with Crippen LogP contribution in [0.4, 0.5) is 0 Å². The van der Waals surface area contributed by atoms with Gasteiger partial charge in [0.1, 0.15) is 0 Å². The van der Waals surface area contributed by atoms with E-state index in [1.807, 2.05) is 37.3 Å². The van der Waals surface area contributed by atoms with E-state index < -0.39 is 0 Å². The molecule has 0 aliphatic carbocycles. The van der Waals surface area contributed by atoms with Crippen molar-refractivity contribution in [3.8, 4) is 11.3 Å². The van der Waals surface area contributed by atoms with Crippen LogP contribution in [0.5, 0.6) is 0 Å². The van der Waals surface area contributed by atoms with E-state index >= 15 is 0 Å². The number of aromatic nitrogens is 2. The van der Waals surface area contributed by atoms with Crippen LogP contribution < -0.4 is 5.32 Å². The highest BCUT2D eigenvalue weighted by Crippen LogP contribution is 2.23. The molecule has 2 aromatic rings. The van der Waals surface area contributed by atoms with Gasteiger partial charge in [0.2, 0.25) is 5.91 Å². The number of aliphatic hydroxyl groups is 1. The molecule has 0 radical (unpaired) electrons. The van der Waals surface area contributed by atoms with Gasteiger partial charge < -0.3 is 10.4 Å². The summed E-state index contributed by atoms with van der Waals surface area (Å²) in [6.45, 7) is 2.07. The molecule has 0 spiro atoms. The van der Waals surface area contributed by atoms with Gasteiger partial charge >= 0.3 is 0 Å². The maximum absolute atomic E-state index is 11.5. The lowest BCUT2D eigenvalue weighted by Crippen LogP contribution is -2.27. The summed E-state index contributed by atoms with van der Waals surface area (Å²) in [5, 5.41) is 12.5. The molecule has 116 valence electrons. The zero-order valence-electron chi connectivity index (χ0n) is 12.0. The Morgan fingerprint density at radius 2 is 2.05 bits per heavy atom. The summed E-state index contributed by atoms with van der Waals surface area (Å²) in [5.74, 6) is 0.0564. The van der Waals surface area contributed by atoms with Gasteiger partial charge in [-0.3, -0.25) is 4.79 Å². The first-order valence-electron chi connectivity index (χ1n) is 6.70. The predicted octanol–water partition coefficient (Wildman–Crippen LogP) is 2.31. The second-order valence-corrected chi connectivity index (χ2v) is 5.93. The first-order chi connectivity index (χ1) is 10.6. The topological polar surface area (TPSA) is 75.1 Å². The number of thioether (sulfide) groups is 1. The number of aryl methyl sites for hydroxylation is 1. The number of nitrogens with one attached hydrogen (secondary N) is 1. The summed E-state index contributed by atoms with van der Waals surface area (Å²) >= 11 is 7.15. The standard InChI is InChI=1S/C15H16ClN3O2S/c1-10-8-13(11-2-4-12(16)5-3-11)19-15(18-10)22-9-14(21)17-6-7-20/h2-5,8,20H,6-7,9H2,1H3,(H,17,21). The van der Waals surface area contributed by atoms with Crippen LogP contribution in [0.25, 0.3) is 11.3 Å². The highest BCUT2D eigenvalue weighted by atomic mass is 35.5. The molecule has 0 saturated heterocycles. The van der Waals surface area contributed by atoms with Crippen molar-refractivity contribution in [2.75, 3.05) is 18.9 Å². The maximum atomic E-state index is 11.5. The predicted molar refractivity (Wildman–Crippen MR) is 88.0 cm³/mol. The van der Waals surface area contributed by atoms with Crippen molar-refractivity contribution in [1.82, 2.24) is 15.3 Å². The first-order valence-corrected chi connectivity index (χ1v) is 8.07. The fourth-order valence-electron chi connectivity index (χ4n) is 1.75. The van der Waals surface area contributed by atoms with Crippen LogP contribution in [0.2, 0.25) is 5.02 Å². The van der Waals surface area contributed by atoms with Gasteiger partial charge in [-0.15, -0.1) is 0 Å². The van der Waals surface area contributed by atoms with Crippen molar-refractivity contribution in [3.63, 3.8) is 0 Å². The third kappa shape index (κ3) is 4.98. The molecule has 0 fully saturated rings. The molecule has 0 saturated carbocycles. The number of carbonyl (C=O) groups excluding carboxylic acids is 1. The average molecular weight is 338 g/mol. The van der Waals surface area contributed by atoms with E-state index in [1.54, 1.807) is 0 Å². The van der Waals surface area contributed by atoms with Gasteiger partial charge in [0.05, 0.1) is 18.1 Å². The molecule has 0 unspecified atom stereocenters. The molecule has 1 heterocycles. The number of amides is 1. The molecule has 0 aliphatic rings. The van der Waals surface area contributed by atoms with Crippen LogP contribution in [0, 0.1) is 6.92 Å². The van der Waals surface area contributed by atoms with Crippen molar-refractivity contribution in [2.24, 2.45) is 0 Å². The number of benzene rings is 1. The normalized spacial score (nSPS) is 10.5. The highest BCUT2D eigenvalue weighted by Gasteiger charge is 2.08. The summed E-state index contributed by atoms with van der Waals surface area (Å²) in [4.78, 5) is 20.3. The minimum Gasteiger partial charge on any atom is -0.395 e. The van der Waals surface area contributed by atoms with Crippen LogP contribution in [0.3, 0.4) is 0 Å². The van der Waals surface area contributed by atoms with E-state index in [2.05, 4.69) is 15.3 Å². The third-order valence-electron chi connectivity index (χ3n) is 2.74. The molecule has 0 aliphatic heterocycles. The number of halogens is 1. The second-order valence-electron chi connectivity index (χ2n) is 4.55. The van der Waals surface area contributed by atoms with E-state index in [9.17, 15) is 4.79 Å². The number of hydrogen-bond acceptors (Lipinski definition) is 5. The molecule has 7 heteroatoms. The Bertz CT molecular complexity index is 650. The van der Waals surface area contributed by atoms with Crippen molar-refractivity contribution in [2.45, 2.75) is 12.1 Å². The third-order valence-corrected chi connectivity index (χ3v) is 3.84. The lowest BCUT2D eigenvalue weighted by Gasteiger charge is -2.06. The van der Waals surface area contributed by atoms with Gasteiger partial charge in [-0.2, -0.15) is 0 Å². The summed E-state index contributed by atoms with van der Waals surface area (Å²) in [6, 6.07) is 9.30. The first kappa shape index (κ1) is 16.7. The van der Waals surface area contributed by atoms with E-state index in [4.69, 9.17) is 16.7 Å². The Kier molecular flexibility index (Phi) is 6.18. The second kappa shape index (κ2) is 8.12. The minimum atomic E-state index is -0.155. The summed E-state index contributed by atoms with van der Waals surface area (Å²) in [7, 11) is 0. The zero-order valence-corrected chi connectivity index (χ0v) is 13.6. The molecule has 1 aromatic carbocycles. The number of carbonyl (C=O) groups is 1. The monoisotopic (exact) mass is 337 g/mol. The van der Waals surface area contributed by atoms with E-state index in [0.717, 1.165) is 17.0 Å². The van der Waals surface area contributed by atoms with Gasteiger partial charge in [-0.05, 0) is 25.1 Å². The number of rotatable bonds is 6. The number of aliphatic hydroxyl groups excluding tert-OH is 1. The van der Waals surface area contributed by atoms with Gasteiger partial charge in [0, 0.05) is 22.8 Å². The Morgan fingerprint density at radius 3 is 2.73 bits per heavy atom. The van der Waals surface area contributed by atoms with Crippen LogP contribution in [0.1, 0.15) is 5.69 Å². The Morgan fingerprint density at radius 1 is 1.32 bits per heavy atom. The molecule has 22 heavy (non-hydrogen) atoms. The molecule has 1 aromatic heterocycles.